The number of likely N-dealkylation sites (N-methyl/N-ethyl adjacent to an activating group) is 2. The summed E-state index contributed by atoms with van der Waals surface area (Å²) in [5.41, 5.74) is 7.33. The van der Waals surface area contributed by atoms with Crippen molar-refractivity contribution in [1.29, 1.82) is 0 Å². The molecular weight excluding hydrogens is 1630 g/mol. The second-order valence-corrected chi connectivity index (χ2v) is 35.9. The molecule has 11 rings (SSSR count). The lowest BCUT2D eigenvalue weighted by Gasteiger charge is -2.48. The number of aliphatic hydroxyl groups excluding tert-OH is 4. The zero-order chi connectivity index (χ0) is 93.1. The molecule has 696 valence electrons. The van der Waals surface area contributed by atoms with Crippen molar-refractivity contribution >= 4 is 69.3 Å². The van der Waals surface area contributed by atoms with Crippen LogP contribution in [0.5, 0.6) is 0 Å². The van der Waals surface area contributed by atoms with E-state index >= 15 is 0 Å². The summed E-state index contributed by atoms with van der Waals surface area (Å²) in [7, 11) is 9.75. The van der Waals surface area contributed by atoms with Crippen LogP contribution >= 0.6 is 0 Å². The quantitative estimate of drug-likeness (QED) is 0.00725. The van der Waals surface area contributed by atoms with Crippen molar-refractivity contribution in [2.75, 3.05) is 62.0 Å². The van der Waals surface area contributed by atoms with Crippen LogP contribution in [0.2, 0.25) is 0 Å². The standard InChI is InChI=1S/C44H66N8O11.C35H59N5O11.C9H7N3/c1-12-32-44(8)38(51(42(58)63-44)20-16-15-19-50-22-29(45-47-50)23-52-31-18-14-13-17-30(31)46-48-52)25(3)34(53)24(2)21-43(7,59-11)39(26(4)35(54)27(5)40(57)61-32)62-41-37(56)33(49(9)10)36(55)28(6)60-41;1-12-23-35(8)29(40(33(46)51-35)16-14-13-15-37-38-36)19(3)25(41)18(2)17-34(7,47-11)30(20(4)26(42)21(5)31(45)49-23)50-32-28(44)24(39(9)10)27(43)22(6)48-32;1-2-7-12-9-6-4-3-5-8(9)10-11-12/h13-14,17-18,22,24-28,32-33,36-39,41,55-56H,12,15-16,19-21,23H2,1-11H3;18-24,27-30,32,43-44H,12-17H2,1-11H3;1,3-6H,7H2/t24-,25+,26+,27-,28?,32-,33?,36?,37?,38-,39-,41?,43+,44-;18-,19+,20+,21-,22?,23-,24?,27?,28?,29-,30-,32?,34+,35-;/m11./s1. The lowest BCUT2D eigenvalue weighted by Crippen LogP contribution is -2.64. The number of carbonyl (C=O) groups excluding carboxylic acids is 8. The number of aromatic nitrogens is 9. The molecule has 2 amide bonds. The van der Waals surface area contributed by atoms with E-state index in [9.17, 15) is 58.8 Å². The van der Waals surface area contributed by atoms with E-state index in [4.69, 9.17) is 59.3 Å². The third kappa shape index (κ3) is 21.6. The number of ketones is 4. The van der Waals surface area contributed by atoms with Gasteiger partial charge in [0.25, 0.3) is 0 Å². The van der Waals surface area contributed by atoms with Crippen molar-refractivity contribution in [3.63, 3.8) is 0 Å². The Bertz CT molecular complexity index is 4670. The first-order valence-electron chi connectivity index (χ1n) is 43.7. The molecule has 126 heavy (non-hydrogen) atoms. The molecule has 0 saturated carbocycles. The third-order valence-corrected chi connectivity index (χ3v) is 26.6. The van der Waals surface area contributed by atoms with Gasteiger partial charge in [0.2, 0.25) is 0 Å². The van der Waals surface area contributed by atoms with Gasteiger partial charge >= 0.3 is 24.1 Å². The summed E-state index contributed by atoms with van der Waals surface area (Å²) in [4.78, 5) is 122. The molecule has 0 bridgehead atoms. The highest BCUT2D eigenvalue weighted by Crippen LogP contribution is 2.47. The molecule has 9 heterocycles. The number of cyclic esters (lactones) is 2. The normalized spacial score (nSPS) is 35.7. The molecule has 0 radical (unpaired) electrons. The highest BCUT2D eigenvalue weighted by molar-refractivity contribution is 6.01. The molecule has 6 saturated heterocycles. The molecule has 5 aromatic rings. The van der Waals surface area contributed by atoms with Crippen LogP contribution in [-0.4, -0.2) is 315 Å². The number of aryl methyl sites for hydroxylation is 1. The molecule has 4 N–H and O–H groups in total. The van der Waals surface area contributed by atoms with Gasteiger partial charge in [0.05, 0.1) is 95.8 Å². The Balaban J connectivity index is 0.000000255. The van der Waals surface area contributed by atoms with Gasteiger partial charge in [0.1, 0.15) is 71.1 Å². The first-order valence-corrected chi connectivity index (χ1v) is 43.7. The zero-order valence-corrected chi connectivity index (χ0v) is 76.8. The predicted molar refractivity (Wildman–Crippen MR) is 457 cm³/mol. The number of Topliss-reactive ketones (excluding diaryl/α,β-unsaturated/α-hetero) is 4. The fourth-order valence-electron chi connectivity index (χ4n) is 19.5. The molecule has 6 aliphatic rings. The number of hydrogen-bond donors (Lipinski definition) is 4. The minimum atomic E-state index is -1.45. The van der Waals surface area contributed by atoms with Crippen LogP contribution in [0.1, 0.15) is 168 Å². The average Bonchev–Trinajstić information content (AvgIpc) is 1.65. The monoisotopic (exact) mass is 1760 g/mol. The summed E-state index contributed by atoms with van der Waals surface area (Å²) in [6.45, 7) is 28.9. The van der Waals surface area contributed by atoms with Gasteiger partial charge in [-0.2, -0.15) is 0 Å². The SMILES string of the molecule is C#CCn1nnc2ccccc21.CC[C@H]1OC(=O)[C@H](C)C(=O)[C@H](C)[C@@H](OC2OC(C)C(O)C(N(C)C)C2O)[C@@](C)(OC)C[C@@H](C)C(=O)[C@H](C)[C@H]2N(CCCCN=[N+]=[N-])C(=O)O[C@]12C.CC[C@H]1OC(=O)[C@H](C)C(=O)[C@H](C)[C@@H](OC2OC(C)C(O)C(N(C)C)C2O)[C@@](C)(OC)C[C@@H](C)C(=O)[C@H](C)[C@H]2N(CCCCn3cc(Cn4nnc5ccccc54)nn3)C(=O)O[C@]12C. The average molecular weight is 1770 g/mol. The number of esters is 2. The molecular formula is C88H132N16O22. The maximum Gasteiger partial charge on any atom is 0.410 e. The van der Waals surface area contributed by atoms with Crippen LogP contribution in [0.25, 0.3) is 32.5 Å². The third-order valence-electron chi connectivity index (χ3n) is 26.6. The summed E-state index contributed by atoms with van der Waals surface area (Å²) >= 11 is 0. The van der Waals surface area contributed by atoms with Crippen LogP contribution in [0, 0.1) is 59.7 Å². The van der Waals surface area contributed by atoms with Crippen molar-refractivity contribution in [1.82, 2.24) is 64.6 Å². The Hall–Kier alpha value is -9.07. The molecule has 0 spiro atoms. The minimum absolute atomic E-state index is 0.0630. The number of unbranched alkanes of at least 4 members (excludes halogenated alkanes) is 2. The Labute approximate surface area is 736 Å². The Morgan fingerprint density at radius 3 is 1.37 bits per heavy atom. The maximum absolute atomic E-state index is 14.8. The van der Waals surface area contributed by atoms with Crippen LogP contribution in [0.3, 0.4) is 0 Å². The van der Waals surface area contributed by atoms with Crippen molar-refractivity contribution < 1.29 is 106 Å². The van der Waals surface area contributed by atoms with Gasteiger partial charge in [-0.15, -0.1) is 21.7 Å². The zero-order valence-electron chi connectivity index (χ0n) is 76.8. The molecule has 0 aliphatic carbocycles. The summed E-state index contributed by atoms with van der Waals surface area (Å²) in [6.07, 6.45) is -4.67. The smallest absolute Gasteiger partial charge is 0.410 e. The molecule has 38 nitrogen and oxygen atoms in total. The number of methoxy groups -OCH3 is 2. The lowest BCUT2D eigenvalue weighted by molar-refractivity contribution is -0.313. The van der Waals surface area contributed by atoms with E-state index in [0.717, 1.165) is 22.1 Å². The number of aliphatic hydroxyl groups is 4. The number of terminal acetylenes is 1. The van der Waals surface area contributed by atoms with Crippen LogP contribution in [-0.2, 0) is 95.8 Å². The number of nitrogens with zero attached hydrogens (tertiary/aromatic N) is 16. The summed E-state index contributed by atoms with van der Waals surface area (Å²) in [5.74, 6) is -8.19. The van der Waals surface area contributed by atoms with Gasteiger partial charge in [-0.05, 0) is 165 Å². The van der Waals surface area contributed by atoms with E-state index in [1.165, 1.54) is 33.0 Å². The molecule has 38 heteroatoms. The number of fused-ring (bicyclic) bond motifs is 4. The van der Waals surface area contributed by atoms with Crippen molar-refractivity contribution in [2.24, 2.45) is 52.5 Å². The Morgan fingerprint density at radius 2 is 0.960 bits per heavy atom. The highest BCUT2D eigenvalue weighted by atomic mass is 16.7. The van der Waals surface area contributed by atoms with Crippen molar-refractivity contribution in [2.45, 2.75) is 302 Å². The van der Waals surface area contributed by atoms with Gasteiger partial charge in [0.15, 0.2) is 35.3 Å². The maximum atomic E-state index is 14.8. The van der Waals surface area contributed by atoms with Gasteiger partial charge < -0.3 is 87.4 Å². The Morgan fingerprint density at radius 1 is 0.556 bits per heavy atom. The predicted octanol–water partition coefficient (Wildman–Crippen LogP) is 7.34. The minimum Gasteiger partial charge on any atom is -0.458 e. The number of carbonyl (C=O) groups is 8. The molecule has 10 unspecified atom stereocenters. The van der Waals surface area contributed by atoms with E-state index in [-0.39, 0.29) is 56.9 Å². The van der Waals surface area contributed by atoms with Crippen molar-refractivity contribution in [3.05, 3.63) is 70.9 Å². The van der Waals surface area contributed by atoms with Gasteiger partial charge in [-0.25, -0.2) is 19.0 Å². The molecule has 6 aliphatic heterocycles. The second-order valence-electron chi connectivity index (χ2n) is 35.9. The number of hydrogen-bond acceptors (Lipinski definition) is 31. The second kappa shape index (κ2) is 42.9. The lowest BCUT2D eigenvalue weighted by atomic mass is 9.73. The topological polar surface area (TPSA) is 464 Å². The van der Waals surface area contributed by atoms with E-state index in [0.29, 0.717) is 51.0 Å². The number of rotatable bonds is 23. The molecule has 28 atom stereocenters. The van der Waals surface area contributed by atoms with Gasteiger partial charge in [-0.3, -0.25) is 33.4 Å². The summed E-state index contributed by atoms with van der Waals surface area (Å²) in [6, 6.07) is 12.2. The molecule has 2 aromatic carbocycles. The number of amides is 2. The first-order chi connectivity index (χ1) is 59.5. The summed E-state index contributed by atoms with van der Waals surface area (Å²) in [5, 5.41) is 73.0. The molecule has 3 aromatic heterocycles. The number of para-hydroxylation sites is 2. The van der Waals surface area contributed by atoms with E-state index < -0.39 is 203 Å². The van der Waals surface area contributed by atoms with Crippen LogP contribution in [0.15, 0.2) is 59.8 Å². The largest absolute Gasteiger partial charge is 0.458 e. The fourth-order valence-corrected chi connectivity index (χ4v) is 19.5. The van der Waals surface area contributed by atoms with Gasteiger partial charge in [-0.1, -0.05) is 106 Å². The van der Waals surface area contributed by atoms with E-state index in [1.807, 2.05) is 54.7 Å². The highest BCUT2D eigenvalue weighted by Gasteiger charge is 2.63. The number of ether oxygens (including phenoxy) is 10. The summed E-state index contributed by atoms with van der Waals surface area (Å²) < 4.78 is 66.7. The van der Waals surface area contributed by atoms with Crippen molar-refractivity contribution in [3.8, 4) is 12.3 Å². The van der Waals surface area contributed by atoms with Crippen LogP contribution in [0.4, 0.5) is 9.59 Å². The van der Waals surface area contributed by atoms with E-state index in [1.54, 1.807) is 154 Å². The van der Waals surface area contributed by atoms with Gasteiger partial charge in [0, 0.05) is 80.8 Å². The number of benzene rings is 2. The molecule has 6 fully saturated rings. The number of azide groups is 1. The fraction of sp³-hybridized carbons (Fsp3) is 0.727. The van der Waals surface area contributed by atoms with E-state index in [2.05, 4.69) is 46.9 Å². The Kier molecular flexibility index (Phi) is 34.3. The van der Waals surface area contributed by atoms with Crippen LogP contribution < -0.4 is 0 Å². The first kappa shape index (κ1) is 101.